The van der Waals surface area contributed by atoms with Crippen molar-refractivity contribution in [3.63, 3.8) is 0 Å². The molecule has 10 nitrogen and oxygen atoms in total. The number of ether oxygens (including phenoxy) is 3. The van der Waals surface area contributed by atoms with Crippen molar-refractivity contribution < 1.29 is 50.2 Å². The van der Waals surface area contributed by atoms with Crippen LogP contribution in [0.25, 0.3) is 0 Å². The lowest BCUT2D eigenvalue weighted by molar-refractivity contribution is -0.274. The van der Waals surface area contributed by atoms with Crippen molar-refractivity contribution in [1.29, 1.82) is 0 Å². The smallest absolute Gasteiger partial charge is 0.466 e. The predicted octanol–water partition coefficient (Wildman–Crippen LogP) is 2.91. The van der Waals surface area contributed by atoms with Crippen LogP contribution in [0.2, 0.25) is 0 Å². The fraction of sp³-hybridized carbons (Fsp3) is 0.609. The number of halogens is 3. The number of benzene rings is 1. The zero-order valence-corrected chi connectivity index (χ0v) is 21.8. The van der Waals surface area contributed by atoms with E-state index in [-0.39, 0.29) is 25.6 Å². The van der Waals surface area contributed by atoms with Crippen LogP contribution in [-0.4, -0.2) is 68.4 Å². The number of hydrogen-bond donors (Lipinski definition) is 1. The highest BCUT2D eigenvalue weighted by Crippen LogP contribution is 2.29. The molecule has 1 N–H and O–H groups in total. The van der Waals surface area contributed by atoms with E-state index in [4.69, 9.17) is 9.47 Å². The van der Waals surface area contributed by atoms with Crippen molar-refractivity contribution in [2.45, 2.75) is 82.3 Å². The van der Waals surface area contributed by atoms with E-state index < -0.39 is 62.9 Å². The maximum Gasteiger partial charge on any atom is 0.573 e. The maximum absolute atomic E-state index is 13.4. The van der Waals surface area contributed by atoms with E-state index in [0.717, 1.165) is 24.3 Å². The first-order chi connectivity index (χ1) is 17.0. The lowest BCUT2D eigenvalue weighted by Crippen LogP contribution is -2.51. The number of alkyl halides is 3. The van der Waals surface area contributed by atoms with Gasteiger partial charge in [-0.3, -0.25) is 14.4 Å². The number of hydrogen-bond acceptors (Lipinski definition) is 8. The third kappa shape index (κ3) is 10.6. The molecule has 1 saturated carbocycles. The molecule has 0 unspecified atom stereocenters. The third-order valence-corrected chi connectivity index (χ3v) is 6.37. The first-order valence-electron chi connectivity index (χ1n) is 11.6. The number of nitrogens with one attached hydrogen (secondary N) is 1. The van der Waals surface area contributed by atoms with Gasteiger partial charge in [0.05, 0.1) is 24.3 Å². The molecule has 14 heteroatoms. The van der Waals surface area contributed by atoms with Crippen LogP contribution < -0.4 is 9.46 Å². The van der Waals surface area contributed by atoms with Gasteiger partial charge in [-0.15, -0.1) is 13.2 Å². The molecule has 1 aliphatic rings. The molecule has 1 aromatic carbocycles. The van der Waals surface area contributed by atoms with Crippen LogP contribution in [0, 0.1) is 0 Å². The summed E-state index contributed by atoms with van der Waals surface area (Å²) in [6, 6.07) is 1.54. The molecule has 0 radical (unpaired) electrons. The minimum Gasteiger partial charge on any atom is -0.466 e. The van der Waals surface area contributed by atoms with E-state index in [1.54, 1.807) is 27.7 Å². The van der Waals surface area contributed by atoms with Crippen LogP contribution in [0.4, 0.5) is 13.2 Å². The normalized spacial score (nSPS) is 15.0. The van der Waals surface area contributed by atoms with E-state index in [1.165, 1.54) is 4.90 Å². The van der Waals surface area contributed by atoms with Crippen molar-refractivity contribution in [2.75, 3.05) is 13.2 Å². The topological polar surface area (TPSA) is 128 Å². The van der Waals surface area contributed by atoms with E-state index in [0.29, 0.717) is 12.8 Å². The Balaban J connectivity index is 2.27. The number of esters is 2. The van der Waals surface area contributed by atoms with E-state index in [9.17, 15) is 36.0 Å². The summed E-state index contributed by atoms with van der Waals surface area (Å²) < 4.78 is 79.3. The number of rotatable bonds is 12. The number of carbonyl (C=O) groups excluding carboxylic acids is 3. The van der Waals surface area contributed by atoms with Crippen LogP contribution in [0.3, 0.4) is 0 Å². The summed E-state index contributed by atoms with van der Waals surface area (Å²) in [4.78, 5) is 38.6. The molecule has 0 bridgehead atoms. The summed E-state index contributed by atoms with van der Waals surface area (Å²) in [5.41, 5.74) is -0.905. The highest BCUT2D eigenvalue weighted by atomic mass is 32.2. The van der Waals surface area contributed by atoms with Crippen molar-refractivity contribution in [3.05, 3.63) is 24.3 Å². The molecule has 208 valence electrons. The molecule has 1 atom stereocenters. The van der Waals surface area contributed by atoms with Crippen LogP contribution in [0.15, 0.2) is 29.2 Å². The summed E-state index contributed by atoms with van der Waals surface area (Å²) in [5, 5.41) is 0. The second-order valence-electron chi connectivity index (χ2n) is 9.30. The SMILES string of the molecule is CCOC(=O)CCN(C(=O)[C@H](CC(=O)OC(C)(C)C)NS(=O)(=O)c1ccc(OC(F)(F)F)cc1)C1CC1. The Morgan fingerprint density at radius 3 is 2.16 bits per heavy atom. The standard InChI is InChI=1S/C23H31F3N2O8S/c1-5-34-19(29)12-13-28(15-6-7-15)21(31)18(14-20(30)36-22(2,3)4)27-37(32,33)17-10-8-16(9-11-17)35-23(24,25)26/h8-11,15,18,27H,5-7,12-14H2,1-4H3/t18-/m0/s1. The van der Waals surface area contributed by atoms with Crippen LogP contribution in [-0.2, 0) is 33.9 Å². The van der Waals surface area contributed by atoms with Gasteiger partial charge in [0.25, 0.3) is 0 Å². The molecule has 2 rings (SSSR count). The van der Waals surface area contributed by atoms with Crippen molar-refractivity contribution in [3.8, 4) is 5.75 Å². The minimum atomic E-state index is -4.96. The largest absolute Gasteiger partial charge is 0.573 e. The molecule has 1 amide bonds. The average molecular weight is 553 g/mol. The summed E-state index contributed by atoms with van der Waals surface area (Å²) in [6.07, 6.45) is -4.45. The van der Waals surface area contributed by atoms with E-state index in [1.807, 2.05) is 0 Å². The lowest BCUT2D eigenvalue weighted by atomic mass is 10.1. The number of nitrogens with zero attached hydrogens (tertiary/aromatic N) is 1. The van der Waals surface area contributed by atoms with Gasteiger partial charge >= 0.3 is 18.3 Å². The highest BCUT2D eigenvalue weighted by Gasteiger charge is 2.39. The summed E-state index contributed by atoms with van der Waals surface area (Å²) >= 11 is 0. The maximum atomic E-state index is 13.4. The molecule has 0 spiro atoms. The van der Waals surface area contributed by atoms with Gasteiger partial charge in [-0.2, -0.15) is 4.72 Å². The summed E-state index contributed by atoms with van der Waals surface area (Å²) in [5.74, 6) is -2.75. The van der Waals surface area contributed by atoms with Crippen molar-refractivity contribution in [2.24, 2.45) is 0 Å². The molecule has 1 fully saturated rings. The molecule has 37 heavy (non-hydrogen) atoms. The van der Waals surface area contributed by atoms with Gasteiger partial charge in [-0.05, 0) is 64.8 Å². The van der Waals surface area contributed by atoms with Crippen LogP contribution in [0.5, 0.6) is 5.75 Å². The van der Waals surface area contributed by atoms with Gasteiger partial charge in [-0.1, -0.05) is 0 Å². The number of amides is 1. The molecule has 0 saturated heterocycles. The molecule has 1 aliphatic carbocycles. The second kappa shape index (κ2) is 12.1. The first-order valence-corrected chi connectivity index (χ1v) is 13.0. The molecule has 0 aliphatic heterocycles. The van der Waals surface area contributed by atoms with Crippen molar-refractivity contribution >= 4 is 27.9 Å². The fourth-order valence-corrected chi connectivity index (χ4v) is 4.50. The van der Waals surface area contributed by atoms with Gasteiger partial charge in [-0.25, -0.2) is 8.42 Å². The minimum absolute atomic E-state index is 0.0433. The van der Waals surface area contributed by atoms with Gasteiger partial charge < -0.3 is 19.1 Å². The van der Waals surface area contributed by atoms with Gasteiger partial charge in [0.2, 0.25) is 15.9 Å². The zero-order valence-electron chi connectivity index (χ0n) is 21.0. The zero-order chi connectivity index (χ0) is 28.0. The molecule has 1 aromatic rings. The van der Waals surface area contributed by atoms with Gasteiger partial charge in [0.1, 0.15) is 17.4 Å². The van der Waals surface area contributed by atoms with Gasteiger partial charge in [0, 0.05) is 12.6 Å². The summed E-state index contributed by atoms with van der Waals surface area (Å²) in [7, 11) is -4.47. The van der Waals surface area contributed by atoms with E-state index >= 15 is 0 Å². The summed E-state index contributed by atoms with van der Waals surface area (Å²) in [6.45, 7) is 6.56. The van der Waals surface area contributed by atoms with Crippen LogP contribution >= 0.6 is 0 Å². The van der Waals surface area contributed by atoms with E-state index in [2.05, 4.69) is 9.46 Å². The Labute approximate surface area is 213 Å². The Morgan fingerprint density at radius 2 is 1.68 bits per heavy atom. The Kier molecular flexibility index (Phi) is 9.94. The Morgan fingerprint density at radius 1 is 1.08 bits per heavy atom. The number of carbonyl (C=O) groups is 3. The molecular formula is C23H31F3N2O8S. The monoisotopic (exact) mass is 552 g/mol. The lowest BCUT2D eigenvalue weighted by Gasteiger charge is -2.28. The quantitative estimate of drug-likeness (QED) is 0.392. The van der Waals surface area contributed by atoms with Crippen molar-refractivity contribution in [1.82, 2.24) is 9.62 Å². The fourth-order valence-electron chi connectivity index (χ4n) is 3.31. The third-order valence-electron chi connectivity index (χ3n) is 4.89. The molecule has 0 heterocycles. The first kappa shape index (κ1) is 30.4. The number of sulfonamides is 1. The average Bonchev–Trinajstić information content (AvgIpc) is 3.56. The predicted molar refractivity (Wildman–Crippen MR) is 124 cm³/mol. The second-order valence-corrected chi connectivity index (χ2v) is 11.0. The Bertz CT molecular complexity index is 1060. The molecule has 0 aromatic heterocycles. The van der Waals surface area contributed by atoms with Crippen LogP contribution in [0.1, 0.15) is 53.4 Å². The Hall–Kier alpha value is -2.87. The molecular weight excluding hydrogens is 521 g/mol. The van der Waals surface area contributed by atoms with Gasteiger partial charge in [0.15, 0.2) is 0 Å². The highest BCUT2D eigenvalue weighted by molar-refractivity contribution is 7.89.